The van der Waals surface area contributed by atoms with E-state index < -0.39 is 5.97 Å². The van der Waals surface area contributed by atoms with E-state index in [1.807, 2.05) is 25.1 Å². The van der Waals surface area contributed by atoms with E-state index in [2.05, 4.69) is 14.7 Å². The Labute approximate surface area is 166 Å². The first-order valence-corrected chi connectivity index (χ1v) is 9.77. The summed E-state index contributed by atoms with van der Waals surface area (Å²) in [4.78, 5) is 13.7. The molecule has 1 aromatic carbocycles. The van der Waals surface area contributed by atoms with Gasteiger partial charge in [0.25, 0.3) is 0 Å². The first-order valence-electron chi connectivity index (χ1n) is 7.42. The van der Waals surface area contributed by atoms with Gasteiger partial charge in [-0.15, -0.1) is 16.4 Å². The first kappa shape index (κ1) is 17.4. The smallest absolute Gasteiger partial charge is 0.348 e. The zero-order valence-corrected chi connectivity index (χ0v) is 16.4. The van der Waals surface area contributed by atoms with Crippen LogP contribution < -0.4 is 0 Å². The number of thiophene rings is 1. The zero-order chi connectivity index (χ0) is 18.3. The number of ether oxygens (including phenoxy) is 1. The molecule has 26 heavy (non-hydrogen) atoms. The van der Waals surface area contributed by atoms with Crippen LogP contribution in [0.5, 0.6) is 0 Å². The number of nitrogens with zero attached hydrogens (tertiary/aromatic N) is 4. The van der Waals surface area contributed by atoms with Crippen LogP contribution in [0.4, 0.5) is 0 Å². The van der Waals surface area contributed by atoms with Crippen molar-refractivity contribution in [1.82, 2.24) is 19.4 Å². The van der Waals surface area contributed by atoms with Crippen molar-refractivity contribution in [3.8, 4) is 5.69 Å². The summed E-state index contributed by atoms with van der Waals surface area (Å²) in [6, 6.07) is 9.20. The highest BCUT2D eigenvalue weighted by molar-refractivity contribution is 7.20. The lowest BCUT2D eigenvalue weighted by atomic mass is 10.3. The Morgan fingerprint density at radius 3 is 2.85 bits per heavy atom. The predicted molar refractivity (Wildman–Crippen MR) is 103 cm³/mol. The number of hydrogen-bond donors (Lipinski definition) is 0. The molecule has 0 radical (unpaired) electrons. The number of carbonyl (C=O) groups is 1. The number of esters is 1. The molecule has 4 aromatic rings. The van der Waals surface area contributed by atoms with Crippen LogP contribution in [0.3, 0.4) is 0 Å². The molecule has 0 aliphatic heterocycles. The van der Waals surface area contributed by atoms with Gasteiger partial charge in [-0.25, -0.2) is 9.48 Å². The Kier molecular flexibility index (Phi) is 4.66. The number of rotatable bonds is 4. The largest absolute Gasteiger partial charge is 0.455 e. The SMILES string of the molecule is Cc1nn(-c2ccccc2Cl)c2sc(C(=O)OCc3nnsc3Cl)cc12. The van der Waals surface area contributed by atoms with E-state index in [0.29, 0.717) is 19.9 Å². The van der Waals surface area contributed by atoms with Crippen molar-refractivity contribution < 1.29 is 9.53 Å². The summed E-state index contributed by atoms with van der Waals surface area (Å²) in [5.41, 5.74) is 2.01. The average molecular weight is 425 g/mol. The average Bonchev–Trinajstić information content (AvgIpc) is 3.31. The van der Waals surface area contributed by atoms with Crippen LogP contribution in [0.15, 0.2) is 30.3 Å². The Morgan fingerprint density at radius 2 is 2.12 bits per heavy atom. The van der Waals surface area contributed by atoms with E-state index >= 15 is 0 Å². The minimum absolute atomic E-state index is 0.0158. The monoisotopic (exact) mass is 424 g/mol. The predicted octanol–water partition coefficient (Wildman–Crippen LogP) is 4.91. The summed E-state index contributed by atoms with van der Waals surface area (Å²) in [6.07, 6.45) is 0. The molecule has 0 atom stereocenters. The molecule has 0 N–H and O–H groups in total. The maximum Gasteiger partial charge on any atom is 0.348 e. The minimum atomic E-state index is -0.444. The molecule has 3 heterocycles. The highest BCUT2D eigenvalue weighted by Gasteiger charge is 2.19. The number of fused-ring (bicyclic) bond motifs is 1. The maximum absolute atomic E-state index is 12.4. The van der Waals surface area contributed by atoms with Crippen LogP contribution >= 0.6 is 46.1 Å². The van der Waals surface area contributed by atoms with Crippen LogP contribution in [0.25, 0.3) is 15.9 Å². The Balaban J connectivity index is 1.65. The number of carbonyl (C=O) groups excluding carboxylic acids is 1. The normalized spacial score (nSPS) is 11.2. The lowest BCUT2D eigenvalue weighted by Gasteiger charge is -2.04. The number of aromatic nitrogens is 4. The van der Waals surface area contributed by atoms with Crippen LogP contribution in [0, 0.1) is 6.92 Å². The van der Waals surface area contributed by atoms with Crippen molar-refractivity contribution in [2.45, 2.75) is 13.5 Å². The fourth-order valence-electron chi connectivity index (χ4n) is 2.42. The van der Waals surface area contributed by atoms with Gasteiger partial charge in [-0.1, -0.05) is 39.8 Å². The molecule has 4 rings (SSSR count). The van der Waals surface area contributed by atoms with Crippen molar-refractivity contribution >= 4 is 62.3 Å². The van der Waals surface area contributed by atoms with Gasteiger partial charge in [-0.3, -0.25) is 0 Å². The van der Waals surface area contributed by atoms with Crippen LogP contribution in [-0.4, -0.2) is 25.3 Å². The first-order chi connectivity index (χ1) is 12.5. The fourth-order valence-corrected chi connectivity index (χ4v) is 4.31. The van der Waals surface area contributed by atoms with Gasteiger partial charge in [-0.2, -0.15) is 5.10 Å². The van der Waals surface area contributed by atoms with E-state index in [1.54, 1.807) is 16.8 Å². The number of benzene rings is 1. The fraction of sp³-hybridized carbons (Fsp3) is 0.125. The third kappa shape index (κ3) is 3.09. The second kappa shape index (κ2) is 6.96. The van der Waals surface area contributed by atoms with Crippen molar-refractivity contribution in [1.29, 1.82) is 0 Å². The van der Waals surface area contributed by atoms with Gasteiger partial charge < -0.3 is 4.74 Å². The molecule has 0 spiro atoms. The maximum atomic E-state index is 12.4. The summed E-state index contributed by atoms with van der Waals surface area (Å²) in [7, 11) is 0. The molecule has 0 bridgehead atoms. The minimum Gasteiger partial charge on any atom is -0.455 e. The Morgan fingerprint density at radius 1 is 1.31 bits per heavy atom. The Bertz CT molecular complexity index is 1120. The molecule has 6 nitrogen and oxygen atoms in total. The summed E-state index contributed by atoms with van der Waals surface area (Å²) >= 11 is 14.6. The summed E-state index contributed by atoms with van der Waals surface area (Å²) in [5.74, 6) is -0.444. The number of para-hydroxylation sites is 1. The van der Waals surface area contributed by atoms with E-state index in [0.717, 1.165) is 33.1 Å². The van der Waals surface area contributed by atoms with Gasteiger partial charge in [0.1, 0.15) is 26.3 Å². The van der Waals surface area contributed by atoms with Gasteiger partial charge in [0, 0.05) is 16.9 Å². The molecular weight excluding hydrogens is 415 g/mol. The van der Waals surface area contributed by atoms with Crippen molar-refractivity contribution in [3.63, 3.8) is 0 Å². The lowest BCUT2D eigenvalue weighted by molar-refractivity contribution is 0.0474. The van der Waals surface area contributed by atoms with E-state index in [-0.39, 0.29) is 6.61 Å². The van der Waals surface area contributed by atoms with E-state index in [9.17, 15) is 4.79 Å². The molecule has 0 aliphatic rings. The van der Waals surface area contributed by atoms with Crippen molar-refractivity contribution in [3.05, 3.63) is 56.0 Å². The summed E-state index contributed by atoms with van der Waals surface area (Å²) in [6.45, 7) is 1.87. The van der Waals surface area contributed by atoms with Gasteiger partial charge in [0.2, 0.25) is 0 Å². The van der Waals surface area contributed by atoms with Crippen molar-refractivity contribution in [2.24, 2.45) is 0 Å². The second-order valence-electron chi connectivity index (χ2n) is 5.35. The molecule has 0 fully saturated rings. The van der Waals surface area contributed by atoms with Crippen LogP contribution in [0.1, 0.15) is 21.1 Å². The zero-order valence-electron chi connectivity index (χ0n) is 13.3. The molecular formula is C16H10Cl2N4O2S2. The molecule has 0 amide bonds. The molecule has 10 heteroatoms. The molecule has 3 aromatic heterocycles. The highest BCUT2D eigenvalue weighted by atomic mass is 35.5. The van der Waals surface area contributed by atoms with Crippen molar-refractivity contribution in [2.75, 3.05) is 0 Å². The van der Waals surface area contributed by atoms with Gasteiger partial charge >= 0.3 is 5.97 Å². The topological polar surface area (TPSA) is 69.9 Å². The van der Waals surface area contributed by atoms with Crippen LogP contribution in [0.2, 0.25) is 9.36 Å². The van der Waals surface area contributed by atoms with E-state index in [1.165, 1.54) is 11.3 Å². The number of halogens is 2. The van der Waals surface area contributed by atoms with Gasteiger partial charge in [0.05, 0.1) is 16.4 Å². The molecule has 0 saturated heterocycles. The lowest BCUT2D eigenvalue weighted by Crippen LogP contribution is -2.04. The molecule has 0 aliphatic carbocycles. The van der Waals surface area contributed by atoms with Gasteiger partial charge in [0.15, 0.2) is 0 Å². The summed E-state index contributed by atoms with van der Waals surface area (Å²) in [5, 5.41) is 9.83. The quantitative estimate of drug-likeness (QED) is 0.435. The number of aryl methyl sites for hydroxylation is 1. The van der Waals surface area contributed by atoms with Gasteiger partial charge in [-0.05, 0) is 25.1 Å². The molecule has 0 saturated carbocycles. The third-order valence-electron chi connectivity index (χ3n) is 3.68. The highest BCUT2D eigenvalue weighted by Crippen LogP contribution is 2.33. The molecule has 132 valence electrons. The standard InChI is InChI=1S/C16H10Cl2N4O2S2/c1-8-9-6-13(16(23)24-7-11-14(18)26-21-19-11)25-15(9)22(20-8)12-5-3-2-4-10(12)17/h2-6H,7H2,1H3. The Hall–Kier alpha value is -2.00. The van der Waals surface area contributed by atoms with Crippen LogP contribution in [-0.2, 0) is 11.3 Å². The van der Waals surface area contributed by atoms with E-state index in [4.69, 9.17) is 27.9 Å². The number of hydrogen-bond acceptors (Lipinski definition) is 7. The second-order valence-corrected chi connectivity index (χ2v) is 8.14. The summed E-state index contributed by atoms with van der Waals surface area (Å²) < 4.78 is 11.2. The molecule has 0 unspecified atom stereocenters. The third-order valence-corrected chi connectivity index (χ3v) is 6.07.